The fourth-order valence-electron chi connectivity index (χ4n) is 0.641. The normalized spacial score (nSPS) is 8.27. The summed E-state index contributed by atoms with van der Waals surface area (Å²) in [4.78, 5) is 12.6. The van der Waals surface area contributed by atoms with Crippen molar-refractivity contribution >= 4 is 17.5 Å². The first-order chi connectivity index (χ1) is 5.22. The van der Waals surface area contributed by atoms with Crippen molar-refractivity contribution < 1.29 is 4.79 Å². The van der Waals surface area contributed by atoms with Gasteiger partial charge < -0.3 is 4.90 Å². The summed E-state index contributed by atoms with van der Waals surface area (Å²) in [5, 5.41) is 2.22. The molecule has 2 nitrogen and oxygen atoms in total. The molecular weight excluding hydrogens is 162 g/mol. The van der Waals surface area contributed by atoms with Crippen molar-refractivity contribution in [3.8, 4) is 11.3 Å². The molecule has 0 aromatic rings. The fraction of sp³-hybridized carbons (Fsp3) is 0.625. The zero-order chi connectivity index (χ0) is 8.69. The van der Waals surface area contributed by atoms with Gasteiger partial charge in [0.25, 0.3) is 0 Å². The molecule has 0 fully saturated rings. The largest absolute Gasteiger partial charge is 0.335 e. The molecule has 0 bridgehead atoms. The van der Waals surface area contributed by atoms with Gasteiger partial charge in [0.05, 0.1) is 6.54 Å². The highest BCUT2D eigenvalue weighted by Gasteiger charge is 2.03. The molecule has 0 N–H and O–H groups in total. The average Bonchev–Trinajstić information content (AvgIpc) is 2.00. The molecule has 1 amide bonds. The highest BCUT2D eigenvalue weighted by Crippen LogP contribution is 1.93. The zero-order valence-corrected chi connectivity index (χ0v) is 7.61. The van der Waals surface area contributed by atoms with Crippen LogP contribution >= 0.6 is 11.6 Å². The van der Waals surface area contributed by atoms with Gasteiger partial charge in [-0.15, -0.1) is 0 Å². The molecule has 3 heteroatoms. The third-order valence-corrected chi connectivity index (χ3v) is 1.41. The molecule has 0 aliphatic rings. The van der Waals surface area contributed by atoms with Crippen LogP contribution in [0.25, 0.3) is 0 Å². The summed E-state index contributed by atoms with van der Waals surface area (Å²) in [6.45, 7) is 2.39. The van der Waals surface area contributed by atoms with Gasteiger partial charge in [-0.1, -0.05) is 12.8 Å². The molecule has 0 aromatic heterocycles. The number of carbonyl (C=O) groups is 1. The van der Waals surface area contributed by atoms with E-state index in [1.54, 1.807) is 11.9 Å². The Morgan fingerprint density at radius 3 is 2.73 bits per heavy atom. The van der Waals surface area contributed by atoms with E-state index >= 15 is 0 Å². The van der Waals surface area contributed by atoms with E-state index in [0.29, 0.717) is 13.0 Å². The Labute approximate surface area is 72.5 Å². The van der Waals surface area contributed by atoms with Gasteiger partial charge in [-0.2, -0.15) is 0 Å². The SMILES string of the molecule is CCCC(=O)N(C)CC#CCl. The predicted octanol–water partition coefficient (Wildman–Crippen LogP) is 1.44. The fourth-order valence-corrected chi connectivity index (χ4v) is 0.701. The lowest BCUT2D eigenvalue weighted by Crippen LogP contribution is -2.26. The summed E-state index contributed by atoms with van der Waals surface area (Å²) in [5.74, 6) is 2.73. The third kappa shape index (κ3) is 4.69. The van der Waals surface area contributed by atoms with Gasteiger partial charge in [-0.3, -0.25) is 4.79 Å². The summed E-state index contributed by atoms with van der Waals surface area (Å²) < 4.78 is 0. The van der Waals surface area contributed by atoms with Gasteiger partial charge in [-0.05, 0) is 18.0 Å². The Hall–Kier alpha value is -0.680. The maximum Gasteiger partial charge on any atom is 0.223 e. The maximum atomic E-state index is 11.1. The van der Waals surface area contributed by atoms with Crippen molar-refractivity contribution in [2.45, 2.75) is 19.8 Å². The first kappa shape index (κ1) is 10.3. The van der Waals surface area contributed by atoms with Crippen LogP contribution in [0.3, 0.4) is 0 Å². The van der Waals surface area contributed by atoms with E-state index in [9.17, 15) is 4.79 Å². The van der Waals surface area contributed by atoms with Crippen LogP contribution in [0.1, 0.15) is 19.8 Å². The third-order valence-electron chi connectivity index (χ3n) is 1.27. The minimum atomic E-state index is 0.118. The second-order valence-electron chi connectivity index (χ2n) is 2.27. The number of hydrogen-bond acceptors (Lipinski definition) is 1. The number of rotatable bonds is 3. The first-order valence-corrected chi connectivity index (χ1v) is 3.92. The highest BCUT2D eigenvalue weighted by molar-refractivity contribution is 6.30. The van der Waals surface area contributed by atoms with Crippen LogP contribution in [0.4, 0.5) is 0 Å². The molecule has 0 aliphatic heterocycles. The van der Waals surface area contributed by atoms with Gasteiger partial charge in [0.15, 0.2) is 0 Å². The molecule has 0 atom stereocenters. The molecule has 0 rings (SSSR count). The molecule has 62 valence electrons. The Balaban J connectivity index is 3.69. The van der Waals surface area contributed by atoms with Crippen LogP contribution in [0, 0.1) is 11.3 Å². The number of carbonyl (C=O) groups excluding carboxylic acids is 1. The van der Waals surface area contributed by atoms with Crippen molar-refractivity contribution in [2.75, 3.05) is 13.6 Å². The quantitative estimate of drug-likeness (QED) is 0.592. The molecule has 0 heterocycles. The summed E-state index contributed by atoms with van der Waals surface area (Å²) in [6, 6.07) is 0. The van der Waals surface area contributed by atoms with Crippen LogP contribution in [0.2, 0.25) is 0 Å². The van der Waals surface area contributed by atoms with Crippen LogP contribution < -0.4 is 0 Å². The van der Waals surface area contributed by atoms with Crippen molar-refractivity contribution in [3.63, 3.8) is 0 Å². The van der Waals surface area contributed by atoms with E-state index in [0.717, 1.165) is 6.42 Å². The Morgan fingerprint density at radius 1 is 1.64 bits per heavy atom. The van der Waals surface area contributed by atoms with Crippen molar-refractivity contribution in [1.29, 1.82) is 0 Å². The second-order valence-corrected chi connectivity index (χ2v) is 2.46. The Bertz CT molecular complexity index is 180. The molecular formula is C8H12ClNO. The van der Waals surface area contributed by atoms with E-state index < -0.39 is 0 Å². The van der Waals surface area contributed by atoms with Gasteiger partial charge in [0, 0.05) is 18.8 Å². The Morgan fingerprint density at radius 2 is 2.27 bits per heavy atom. The van der Waals surface area contributed by atoms with Crippen LogP contribution in [-0.4, -0.2) is 24.4 Å². The highest BCUT2D eigenvalue weighted by atomic mass is 35.5. The van der Waals surface area contributed by atoms with Gasteiger partial charge in [0.2, 0.25) is 5.91 Å². The van der Waals surface area contributed by atoms with Crippen molar-refractivity contribution in [2.24, 2.45) is 0 Å². The second kappa shape index (κ2) is 6.06. The lowest BCUT2D eigenvalue weighted by Gasteiger charge is -2.12. The smallest absolute Gasteiger partial charge is 0.223 e. The lowest BCUT2D eigenvalue weighted by molar-refractivity contribution is -0.129. The molecule has 0 unspecified atom stereocenters. The standard InChI is InChI=1S/C8H12ClNO/c1-3-5-8(11)10(2)7-4-6-9/h3,5,7H2,1-2H3. The molecule has 0 spiro atoms. The molecule has 0 radical (unpaired) electrons. The average molecular weight is 174 g/mol. The topological polar surface area (TPSA) is 20.3 Å². The number of nitrogens with zero attached hydrogens (tertiary/aromatic N) is 1. The lowest BCUT2D eigenvalue weighted by atomic mass is 10.3. The van der Waals surface area contributed by atoms with E-state index in [-0.39, 0.29) is 5.91 Å². The van der Waals surface area contributed by atoms with Gasteiger partial charge in [-0.25, -0.2) is 0 Å². The molecule has 0 saturated carbocycles. The number of halogens is 1. The van der Waals surface area contributed by atoms with Gasteiger partial charge in [0.1, 0.15) is 0 Å². The van der Waals surface area contributed by atoms with Crippen LogP contribution in [0.15, 0.2) is 0 Å². The van der Waals surface area contributed by atoms with E-state index in [2.05, 4.69) is 11.3 Å². The number of hydrogen-bond donors (Lipinski definition) is 0. The summed E-state index contributed by atoms with van der Waals surface area (Å²) in [5.41, 5.74) is 0. The van der Waals surface area contributed by atoms with Gasteiger partial charge >= 0.3 is 0 Å². The maximum absolute atomic E-state index is 11.1. The summed E-state index contributed by atoms with van der Waals surface area (Å²) in [7, 11) is 1.72. The van der Waals surface area contributed by atoms with Crippen molar-refractivity contribution in [1.82, 2.24) is 4.90 Å². The summed E-state index contributed by atoms with van der Waals surface area (Å²) in [6.07, 6.45) is 1.46. The molecule has 11 heavy (non-hydrogen) atoms. The first-order valence-electron chi connectivity index (χ1n) is 3.54. The molecule has 0 aromatic carbocycles. The molecule has 0 saturated heterocycles. The summed E-state index contributed by atoms with van der Waals surface area (Å²) >= 11 is 5.13. The predicted molar refractivity (Wildman–Crippen MR) is 46.2 cm³/mol. The van der Waals surface area contributed by atoms with E-state index in [1.165, 1.54) is 0 Å². The van der Waals surface area contributed by atoms with E-state index in [1.807, 2.05) is 6.92 Å². The van der Waals surface area contributed by atoms with Crippen LogP contribution in [-0.2, 0) is 4.79 Å². The zero-order valence-electron chi connectivity index (χ0n) is 6.85. The minimum Gasteiger partial charge on any atom is -0.335 e. The Kier molecular flexibility index (Phi) is 5.68. The van der Waals surface area contributed by atoms with Crippen LogP contribution in [0.5, 0.6) is 0 Å². The minimum absolute atomic E-state index is 0.118. The number of amides is 1. The van der Waals surface area contributed by atoms with E-state index in [4.69, 9.17) is 11.6 Å². The monoisotopic (exact) mass is 173 g/mol. The van der Waals surface area contributed by atoms with Crippen molar-refractivity contribution in [3.05, 3.63) is 0 Å². The molecule has 0 aliphatic carbocycles.